The van der Waals surface area contributed by atoms with Gasteiger partial charge in [-0.1, -0.05) is 65.3 Å². The van der Waals surface area contributed by atoms with Crippen molar-refractivity contribution in [2.45, 2.75) is 119 Å². The van der Waals surface area contributed by atoms with E-state index in [2.05, 4.69) is 65.8 Å². The maximum atomic E-state index is 12.9. The molecule has 0 aromatic heterocycles. The van der Waals surface area contributed by atoms with Gasteiger partial charge in [0.2, 0.25) is 0 Å². The van der Waals surface area contributed by atoms with E-state index in [0.717, 1.165) is 57.1 Å². The Morgan fingerprint density at radius 1 is 1.05 bits per heavy atom. The molecule has 5 nitrogen and oxygen atoms in total. The Bertz CT molecular complexity index is 1100. The second kappa shape index (κ2) is 8.84. The quantitative estimate of drug-likeness (QED) is 0.229. The summed E-state index contributed by atoms with van der Waals surface area (Å²) >= 11 is 0. The van der Waals surface area contributed by atoms with Gasteiger partial charge >= 0.3 is 5.97 Å². The summed E-state index contributed by atoms with van der Waals surface area (Å²) in [6.07, 6.45) is 13.1. The van der Waals surface area contributed by atoms with E-state index in [4.69, 9.17) is 10.1 Å². The zero-order chi connectivity index (χ0) is 27.8. The van der Waals surface area contributed by atoms with E-state index in [9.17, 15) is 9.90 Å². The second-order valence-corrected chi connectivity index (χ2v) is 15.7. The Hall–Kier alpha value is -1.83. The van der Waals surface area contributed by atoms with Crippen LogP contribution in [0, 0.1) is 61.6 Å². The molecule has 0 bridgehead atoms. The van der Waals surface area contributed by atoms with E-state index in [1.165, 1.54) is 18.4 Å². The van der Waals surface area contributed by atoms with Crippen LogP contribution in [0.4, 0.5) is 0 Å². The lowest BCUT2D eigenvalue weighted by molar-refractivity contribution is -0.179. The highest BCUT2D eigenvalue weighted by Crippen LogP contribution is 2.75. The van der Waals surface area contributed by atoms with Crippen LogP contribution in [0.3, 0.4) is 0 Å². The molecule has 4 saturated carbocycles. The number of carboxylic acid groups (broad SMARTS) is 1. The molecule has 38 heavy (non-hydrogen) atoms. The Kier molecular flexibility index (Phi) is 6.45. The number of fused-ring (bicyclic) bond motifs is 7. The average Bonchev–Trinajstić information content (AvgIpc) is 2.82. The van der Waals surface area contributed by atoms with Crippen molar-refractivity contribution < 1.29 is 14.7 Å². The van der Waals surface area contributed by atoms with Crippen molar-refractivity contribution in [3.05, 3.63) is 11.6 Å². The van der Waals surface area contributed by atoms with Crippen LogP contribution in [0.5, 0.6) is 0 Å². The van der Waals surface area contributed by atoms with Crippen LogP contribution in [0.2, 0.25) is 0 Å². The summed E-state index contributed by atoms with van der Waals surface area (Å²) < 4.78 is 0. The number of oxime groups is 1. The van der Waals surface area contributed by atoms with Gasteiger partial charge in [-0.3, -0.25) is 4.79 Å². The fraction of sp³-hybridized carbons (Fsp3) is 0.848. The zero-order valence-corrected chi connectivity index (χ0v) is 25.0. The minimum atomic E-state index is -0.574. The fourth-order valence-electron chi connectivity index (χ4n) is 10.8. The van der Waals surface area contributed by atoms with Crippen LogP contribution < -0.4 is 0 Å². The zero-order valence-electron chi connectivity index (χ0n) is 25.0. The molecule has 5 aliphatic carbocycles. The molecule has 5 aliphatic rings. The number of carbonyl (C=O) groups is 1. The lowest BCUT2D eigenvalue weighted by atomic mass is 9.33. The van der Waals surface area contributed by atoms with Gasteiger partial charge in [0.25, 0.3) is 0 Å². The minimum absolute atomic E-state index is 0.0374. The smallest absolute Gasteiger partial charge is 0.310 e. The maximum absolute atomic E-state index is 12.9. The maximum Gasteiger partial charge on any atom is 0.310 e. The highest BCUT2D eigenvalue weighted by molar-refractivity contribution is 5.90. The van der Waals surface area contributed by atoms with Gasteiger partial charge in [-0.25, -0.2) is 0 Å². The van der Waals surface area contributed by atoms with Crippen molar-refractivity contribution >= 4 is 11.7 Å². The fourth-order valence-corrected chi connectivity index (χ4v) is 10.8. The van der Waals surface area contributed by atoms with Gasteiger partial charge < -0.3 is 9.94 Å². The Labute approximate surface area is 230 Å². The third-order valence-corrected chi connectivity index (χ3v) is 13.3. The van der Waals surface area contributed by atoms with Crippen LogP contribution in [0.1, 0.15) is 119 Å². The molecule has 5 heteroatoms. The van der Waals surface area contributed by atoms with Gasteiger partial charge in [0.05, 0.1) is 23.6 Å². The summed E-state index contributed by atoms with van der Waals surface area (Å²) in [5, 5.41) is 24.0. The average molecular weight is 523 g/mol. The number of carboxylic acids is 1. The summed E-state index contributed by atoms with van der Waals surface area (Å²) in [6, 6.07) is 2.14. The Balaban J connectivity index is 1.51. The van der Waals surface area contributed by atoms with Crippen LogP contribution in [-0.4, -0.2) is 23.4 Å². The normalized spacial score (nSPS) is 45.9. The van der Waals surface area contributed by atoms with E-state index in [0.29, 0.717) is 24.9 Å². The SMILES string of the molecule is CC1(C)CC[C@]2(C(=O)O)CC[C@]3(C)C(=CC[C@@H]4[C@@]5(C)CC/C(=N\OCCC#N)C(C)(C)[C@@H]5CC[C@]43C)[C@@H]2C1. The lowest BCUT2D eigenvalue weighted by Crippen LogP contribution is -2.64. The largest absolute Gasteiger partial charge is 0.481 e. The first-order chi connectivity index (χ1) is 17.7. The molecule has 0 aliphatic heterocycles. The van der Waals surface area contributed by atoms with Gasteiger partial charge in [-0.05, 0) is 104 Å². The van der Waals surface area contributed by atoms with Gasteiger partial charge in [0.15, 0.2) is 0 Å². The van der Waals surface area contributed by atoms with Gasteiger partial charge in [-0.2, -0.15) is 5.26 Å². The first-order valence-corrected chi connectivity index (χ1v) is 15.2. The molecule has 0 saturated heterocycles. The van der Waals surface area contributed by atoms with Crippen molar-refractivity contribution in [3.63, 3.8) is 0 Å². The first kappa shape index (κ1) is 27.7. The molecule has 0 amide bonds. The van der Waals surface area contributed by atoms with Gasteiger partial charge in [0.1, 0.15) is 6.61 Å². The molecule has 210 valence electrons. The van der Waals surface area contributed by atoms with Gasteiger partial charge in [0, 0.05) is 5.41 Å². The number of nitriles is 1. The molecule has 0 aromatic carbocycles. The molecule has 7 atom stereocenters. The molecule has 4 fully saturated rings. The molecule has 0 aromatic rings. The van der Waals surface area contributed by atoms with Crippen LogP contribution in [-0.2, 0) is 9.63 Å². The number of allylic oxidation sites excluding steroid dienone is 2. The minimum Gasteiger partial charge on any atom is -0.481 e. The van der Waals surface area contributed by atoms with E-state index < -0.39 is 11.4 Å². The predicted molar refractivity (Wildman–Crippen MR) is 150 cm³/mol. The first-order valence-electron chi connectivity index (χ1n) is 15.2. The molecular weight excluding hydrogens is 472 g/mol. The molecule has 0 unspecified atom stereocenters. The van der Waals surface area contributed by atoms with E-state index >= 15 is 0 Å². The summed E-state index contributed by atoms with van der Waals surface area (Å²) in [5.74, 6) is 0.727. The molecule has 5 rings (SSSR count). The van der Waals surface area contributed by atoms with Crippen LogP contribution in [0.25, 0.3) is 0 Å². The summed E-state index contributed by atoms with van der Waals surface area (Å²) in [6.45, 7) is 17.4. The lowest BCUT2D eigenvalue weighted by Gasteiger charge is -2.70. The van der Waals surface area contributed by atoms with E-state index in [-0.39, 0.29) is 33.0 Å². The number of hydrogen-bond donors (Lipinski definition) is 1. The number of aliphatic carboxylic acids is 1. The topological polar surface area (TPSA) is 82.7 Å². The van der Waals surface area contributed by atoms with Crippen LogP contribution >= 0.6 is 0 Å². The van der Waals surface area contributed by atoms with Crippen molar-refractivity contribution in [2.75, 3.05) is 6.61 Å². The number of rotatable bonds is 4. The number of hydrogen-bond acceptors (Lipinski definition) is 4. The van der Waals surface area contributed by atoms with E-state index in [1.807, 2.05) is 0 Å². The van der Waals surface area contributed by atoms with Crippen molar-refractivity contribution in [2.24, 2.45) is 55.4 Å². The van der Waals surface area contributed by atoms with Crippen molar-refractivity contribution in [3.8, 4) is 6.07 Å². The second-order valence-electron chi connectivity index (χ2n) is 15.7. The summed E-state index contributed by atoms with van der Waals surface area (Å²) in [7, 11) is 0. The Morgan fingerprint density at radius 2 is 1.76 bits per heavy atom. The van der Waals surface area contributed by atoms with Gasteiger partial charge in [-0.15, -0.1) is 0 Å². The molecule has 0 radical (unpaired) electrons. The predicted octanol–water partition coefficient (Wildman–Crippen LogP) is 8.16. The third kappa shape index (κ3) is 3.67. The molecule has 1 N–H and O–H groups in total. The van der Waals surface area contributed by atoms with Crippen molar-refractivity contribution in [1.29, 1.82) is 5.26 Å². The molecule has 0 spiro atoms. The monoisotopic (exact) mass is 522 g/mol. The molecular formula is C33H50N2O3. The standard InChI is InChI=1S/C33H50N2O3/c1-28(2)15-17-33(27(36)37)18-16-31(6)22(23(33)21-28)9-10-25-30(5)13-12-26(35-38-20-8-19-34)29(3,4)24(30)11-14-32(25,31)7/h9,23-25H,8,10-18,20-21H2,1-7H3,(H,36,37)/b35-26+/t23-,24-,25+,30-,31+,32+,33-/m0/s1. The highest BCUT2D eigenvalue weighted by Gasteiger charge is 2.69. The highest BCUT2D eigenvalue weighted by atomic mass is 16.6. The van der Waals surface area contributed by atoms with E-state index in [1.54, 1.807) is 0 Å². The third-order valence-electron chi connectivity index (χ3n) is 13.3. The summed E-state index contributed by atoms with van der Waals surface area (Å²) in [5.41, 5.74) is 2.68. The van der Waals surface area contributed by atoms with Crippen LogP contribution in [0.15, 0.2) is 16.8 Å². The number of nitrogens with zero attached hydrogens (tertiary/aromatic N) is 2. The summed E-state index contributed by atoms with van der Waals surface area (Å²) in [4.78, 5) is 18.4. The van der Waals surface area contributed by atoms with Crippen molar-refractivity contribution in [1.82, 2.24) is 0 Å². The molecule has 0 heterocycles. The Morgan fingerprint density at radius 3 is 2.45 bits per heavy atom.